The molecule has 0 spiro atoms. The van der Waals surface area contributed by atoms with Gasteiger partial charge in [0.15, 0.2) is 5.82 Å². The van der Waals surface area contributed by atoms with Crippen LogP contribution in [0.15, 0.2) is 12.4 Å². The largest absolute Gasteiger partial charge is 0.338 e. The highest BCUT2D eigenvalue weighted by atomic mass is 35.5. The van der Waals surface area contributed by atoms with Crippen LogP contribution >= 0.6 is 12.4 Å². The van der Waals surface area contributed by atoms with E-state index in [0.29, 0.717) is 11.4 Å². The van der Waals surface area contributed by atoms with Crippen LogP contribution in [0, 0.1) is 11.2 Å². The van der Waals surface area contributed by atoms with Crippen LogP contribution in [0.2, 0.25) is 0 Å². The third-order valence-electron chi connectivity index (χ3n) is 4.32. The van der Waals surface area contributed by atoms with Gasteiger partial charge in [-0.1, -0.05) is 6.92 Å². The Morgan fingerprint density at radius 2 is 1.90 bits per heavy atom. The molecule has 1 unspecified atom stereocenters. The van der Waals surface area contributed by atoms with Crippen molar-refractivity contribution in [2.75, 3.05) is 50.7 Å². The van der Waals surface area contributed by atoms with Crippen molar-refractivity contribution < 1.29 is 4.39 Å². The van der Waals surface area contributed by atoms with Gasteiger partial charge < -0.3 is 10.2 Å². The first-order valence-electron chi connectivity index (χ1n) is 7.30. The second-order valence-corrected chi connectivity index (χ2v) is 6.20. The fraction of sp³-hybridized carbons (Fsp3) is 0.714. The molecule has 3 heterocycles. The molecule has 1 aromatic rings. The number of rotatable bonds is 3. The van der Waals surface area contributed by atoms with Crippen molar-refractivity contribution in [1.29, 1.82) is 0 Å². The van der Waals surface area contributed by atoms with Gasteiger partial charge in [0.2, 0.25) is 5.95 Å². The van der Waals surface area contributed by atoms with E-state index in [-0.39, 0.29) is 18.2 Å². The maximum atomic E-state index is 12.8. The summed E-state index contributed by atoms with van der Waals surface area (Å²) in [7, 11) is 0. The molecule has 5 nitrogen and oxygen atoms in total. The van der Waals surface area contributed by atoms with Crippen molar-refractivity contribution in [1.82, 2.24) is 20.2 Å². The van der Waals surface area contributed by atoms with Crippen LogP contribution in [0.5, 0.6) is 0 Å². The molecule has 2 fully saturated rings. The van der Waals surface area contributed by atoms with Gasteiger partial charge in [0.1, 0.15) is 0 Å². The Bertz CT molecular complexity index is 441. The summed E-state index contributed by atoms with van der Waals surface area (Å²) in [6.45, 7) is 9.64. The van der Waals surface area contributed by atoms with Crippen LogP contribution < -0.4 is 10.2 Å². The topological polar surface area (TPSA) is 44.3 Å². The monoisotopic (exact) mass is 315 g/mol. The number of halogens is 2. The lowest BCUT2D eigenvalue weighted by Crippen LogP contribution is -2.50. The van der Waals surface area contributed by atoms with E-state index in [2.05, 4.69) is 32.0 Å². The summed E-state index contributed by atoms with van der Waals surface area (Å²) < 4.78 is 12.8. The Morgan fingerprint density at radius 1 is 1.24 bits per heavy atom. The van der Waals surface area contributed by atoms with Gasteiger partial charge in [-0.25, -0.2) is 14.4 Å². The van der Waals surface area contributed by atoms with Gasteiger partial charge in [-0.15, -0.1) is 12.4 Å². The Kier molecular flexibility index (Phi) is 5.35. The molecule has 0 saturated carbocycles. The normalized spacial score (nSPS) is 26.7. The first kappa shape index (κ1) is 16.4. The minimum atomic E-state index is -0.381. The van der Waals surface area contributed by atoms with Crippen molar-refractivity contribution in [3.63, 3.8) is 0 Å². The number of hydrogen-bond acceptors (Lipinski definition) is 5. The van der Waals surface area contributed by atoms with Crippen LogP contribution in [-0.2, 0) is 0 Å². The third kappa shape index (κ3) is 4.02. The zero-order chi connectivity index (χ0) is 14.0. The molecule has 1 atom stereocenters. The Labute approximate surface area is 131 Å². The molecule has 2 aliphatic heterocycles. The van der Waals surface area contributed by atoms with E-state index >= 15 is 0 Å². The molecular formula is C14H23ClFN5. The molecular weight excluding hydrogens is 293 g/mol. The van der Waals surface area contributed by atoms with Crippen LogP contribution in [0.25, 0.3) is 0 Å². The molecule has 0 aromatic carbocycles. The summed E-state index contributed by atoms with van der Waals surface area (Å²) in [6, 6.07) is 0. The Morgan fingerprint density at radius 3 is 2.48 bits per heavy atom. The van der Waals surface area contributed by atoms with Gasteiger partial charge in [0, 0.05) is 39.3 Å². The minimum Gasteiger partial charge on any atom is -0.338 e. The van der Waals surface area contributed by atoms with Gasteiger partial charge in [0.05, 0.1) is 12.4 Å². The zero-order valence-electron chi connectivity index (χ0n) is 12.4. The second kappa shape index (κ2) is 6.85. The first-order chi connectivity index (χ1) is 9.65. The SMILES string of the molecule is CC1(CN2CCN(c3ncc(F)cn3)CC2)CCNC1.Cl. The maximum Gasteiger partial charge on any atom is 0.225 e. The third-order valence-corrected chi connectivity index (χ3v) is 4.32. The van der Waals surface area contributed by atoms with E-state index in [1.165, 1.54) is 18.8 Å². The lowest BCUT2D eigenvalue weighted by molar-refractivity contribution is 0.169. The van der Waals surface area contributed by atoms with E-state index < -0.39 is 0 Å². The standard InChI is InChI=1S/C14H22FN5.ClH/c1-14(2-3-16-10-14)11-19-4-6-20(7-5-19)13-17-8-12(15)9-18-13;/h8-9,16H,2-7,10-11H2,1H3;1H. The quantitative estimate of drug-likeness (QED) is 0.907. The maximum absolute atomic E-state index is 12.8. The van der Waals surface area contributed by atoms with Crippen LogP contribution in [0.1, 0.15) is 13.3 Å². The molecule has 1 N–H and O–H groups in total. The lowest BCUT2D eigenvalue weighted by Gasteiger charge is -2.38. The number of nitrogens with one attached hydrogen (secondary N) is 1. The number of piperazine rings is 1. The summed E-state index contributed by atoms with van der Waals surface area (Å²) in [4.78, 5) is 12.8. The molecule has 0 radical (unpaired) electrons. The van der Waals surface area contributed by atoms with Gasteiger partial charge in [0.25, 0.3) is 0 Å². The van der Waals surface area contributed by atoms with Gasteiger partial charge >= 0.3 is 0 Å². The summed E-state index contributed by atoms with van der Waals surface area (Å²) >= 11 is 0. The zero-order valence-corrected chi connectivity index (χ0v) is 13.2. The Hall–Kier alpha value is -0.980. The van der Waals surface area contributed by atoms with Crippen LogP contribution in [0.3, 0.4) is 0 Å². The Balaban J connectivity index is 0.00000161. The molecule has 21 heavy (non-hydrogen) atoms. The minimum absolute atomic E-state index is 0. The molecule has 2 saturated heterocycles. The average molecular weight is 316 g/mol. The van der Waals surface area contributed by atoms with Crippen LogP contribution in [-0.4, -0.2) is 60.7 Å². The van der Waals surface area contributed by atoms with Crippen LogP contribution in [0.4, 0.5) is 10.3 Å². The van der Waals surface area contributed by atoms with Crippen molar-refractivity contribution in [3.8, 4) is 0 Å². The highest BCUT2D eigenvalue weighted by Gasteiger charge is 2.31. The van der Waals surface area contributed by atoms with Gasteiger partial charge in [-0.2, -0.15) is 0 Å². The number of hydrogen-bond donors (Lipinski definition) is 1. The second-order valence-electron chi connectivity index (χ2n) is 6.20. The molecule has 0 amide bonds. The highest BCUT2D eigenvalue weighted by Crippen LogP contribution is 2.26. The van der Waals surface area contributed by atoms with E-state index in [4.69, 9.17) is 0 Å². The highest BCUT2D eigenvalue weighted by molar-refractivity contribution is 5.85. The van der Waals surface area contributed by atoms with Gasteiger partial charge in [-0.05, 0) is 18.4 Å². The lowest BCUT2D eigenvalue weighted by atomic mass is 9.89. The van der Waals surface area contributed by atoms with E-state index in [1.807, 2.05) is 0 Å². The summed E-state index contributed by atoms with van der Waals surface area (Å²) in [5.74, 6) is 0.258. The molecule has 7 heteroatoms. The summed E-state index contributed by atoms with van der Waals surface area (Å²) in [5.41, 5.74) is 0.411. The van der Waals surface area contributed by atoms with Gasteiger partial charge in [-0.3, -0.25) is 4.90 Å². The van der Waals surface area contributed by atoms with E-state index in [1.54, 1.807) is 0 Å². The smallest absolute Gasteiger partial charge is 0.225 e. The average Bonchev–Trinajstić information content (AvgIpc) is 2.87. The number of aromatic nitrogens is 2. The molecule has 0 bridgehead atoms. The summed E-state index contributed by atoms with van der Waals surface area (Å²) in [6.07, 6.45) is 3.73. The molecule has 3 rings (SSSR count). The summed E-state index contributed by atoms with van der Waals surface area (Å²) in [5, 5.41) is 3.45. The molecule has 1 aromatic heterocycles. The molecule has 2 aliphatic rings. The van der Waals surface area contributed by atoms with Crippen molar-refractivity contribution in [2.45, 2.75) is 13.3 Å². The fourth-order valence-corrected chi connectivity index (χ4v) is 3.12. The van der Waals surface area contributed by atoms with Crippen molar-refractivity contribution in [3.05, 3.63) is 18.2 Å². The van der Waals surface area contributed by atoms with E-state index in [0.717, 1.165) is 45.8 Å². The van der Waals surface area contributed by atoms with Crippen molar-refractivity contribution >= 4 is 18.4 Å². The molecule has 118 valence electrons. The predicted octanol–water partition coefficient (Wildman–Crippen LogP) is 1.16. The fourth-order valence-electron chi connectivity index (χ4n) is 3.12. The number of anilines is 1. The number of nitrogens with zero attached hydrogens (tertiary/aromatic N) is 4. The van der Waals surface area contributed by atoms with E-state index in [9.17, 15) is 4.39 Å². The predicted molar refractivity (Wildman–Crippen MR) is 83.5 cm³/mol. The molecule has 0 aliphatic carbocycles. The first-order valence-corrected chi connectivity index (χ1v) is 7.30. The van der Waals surface area contributed by atoms with Crippen molar-refractivity contribution in [2.24, 2.45) is 5.41 Å².